The van der Waals surface area contributed by atoms with Crippen LogP contribution in [0.3, 0.4) is 0 Å². The molecular weight excluding hydrogens is 500 g/mol. The number of nitrogens with zero attached hydrogens (tertiary/aromatic N) is 1. The van der Waals surface area contributed by atoms with Crippen molar-refractivity contribution in [2.75, 3.05) is 6.54 Å². The van der Waals surface area contributed by atoms with E-state index in [4.69, 9.17) is 0 Å². The van der Waals surface area contributed by atoms with Gasteiger partial charge in [-0.1, -0.05) is 49.7 Å². The minimum absolute atomic E-state index is 0.0713. The van der Waals surface area contributed by atoms with Gasteiger partial charge in [0.05, 0.1) is 17.4 Å². The summed E-state index contributed by atoms with van der Waals surface area (Å²) < 4.78 is 27.6. The zero-order valence-corrected chi connectivity index (χ0v) is 23.3. The highest BCUT2D eigenvalue weighted by molar-refractivity contribution is 7.89. The van der Waals surface area contributed by atoms with Crippen molar-refractivity contribution < 1.29 is 18.0 Å². The van der Waals surface area contributed by atoms with Crippen LogP contribution in [0.25, 0.3) is 0 Å². The van der Waals surface area contributed by atoms with E-state index in [2.05, 4.69) is 54.9 Å². The maximum Gasteiger partial charge on any atom is 0.264 e. The largest absolute Gasteiger partial charge is 0.349 e. The van der Waals surface area contributed by atoms with Crippen molar-refractivity contribution in [3.63, 3.8) is 0 Å². The van der Waals surface area contributed by atoms with Crippen LogP contribution >= 0.6 is 0 Å². The highest BCUT2D eigenvalue weighted by Gasteiger charge is 2.37. The standard InChI is InChI=1S/C29H38N4O4S/c1-19(2)18-31-21(4)22-10-13-25-23(16-22)6-5-7-26(25)32-28(34)17-27-29(35)30-14-15-33(27)38(36,37)24-11-8-20(3)9-12-24/h8-16,19,21,26-27,31H,5-7,17-18H2,1-4H3,(H,30,35)(H,32,34)/t21?,26-,27?/m1/s1. The molecule has 2 unspecified atom stereocenters. The summed E-state index contributed by atoms with van der Waals surface area (Å²) in [4.78, 5) is 25.9. The second-order valence-electron chi connectivity index (χ2n) is 10.7. The third-order valence-electron chi connectivity index (χ3n) is 7.18. The molecule has 1 aliphatic heterocycles. The van der Waals surface area contributed by atoms with E-state index in [1.807, 2.05) is 6.92 Å². The van der Waals surface area contributed by atoms with Crippen LogP contribution in [-0.2, 0) is 26.0 Å². The fourth-order valence-electron chi connectivity index (χ4n) is 4.98. The lowest BCUT2D eigenvalue weighted by atomic mass is 9.85. The first-order chi connectivity index (χ1) is 18.1. The van der Waals surface area contributed by atoms with E-state index in [1.165, 1.54) is 35.7 Å². The number of fused-ring (bicyclic) bond motifs is 1. The average molecular weight is 539 g/mol. The third kappa shape index (κ3) is 6.27. The SMILES string of the molecule is Cc1ccc(S(=O)(=O)N2C=CNC(=O)C2CC(=O)N[C@@H]2CCCc3cc(C(C)NCC(C)C)ccc32)cc1. The smallest absolute Gasteiger partial charge is 0.264 e. The monoisotopic (exact) mass is 538 g/mol. The third-order valence-corrected chi connectivity index (χ3v) is 8.98. The number of carbonyl (C=O) groups is 2. The summed E-state index contributed by atoms with van der Waals surface area (Å²) in [7, 11) is -4.01. The van der Waals surface area contributed by atoms with Crippen LogP contribution in [0.1, 0.15) is 74.4 Å². The predicted octanol–water partition coefficient (Wildman–Crippen LogP) is 3.85. The Labute approximate surface area is 225 Å². The molecule has 0 spiro atoms. The molecule has 0 aromatic heterocycles. The molecular formula is C29H38N4O4S. The molecule has 0 saturated carbocycles. The van der Waals surface area contributed by atoms with Gasteiger partial charge in [-0.2, -0.15) is 0 Å². The summed E-state index contributed by atoms with van der Waals surface area (Å²) in [6.45, 7) is 9.34. The summed E-state index contributed by atoms with van der Waals surface area (Å²) in [5, 5.41) is 9.17. The summed E-state index contributed by atoms with van der Waals surface area (Å²) in [6, 6.07) is 11.7. The molecule has 3 N–H and O–H groups in total. The van der Waals surface area contributed by atoms with E-state index < -0.39 is 22.0 Å². The van der Waals surface area contributed by atoms with Crippen molar-refractivity contribution in [1.82, 2.24) is 20.3 Å². The minimum Gasteiger partial charge on any atom is -0.349 e. The Morgan fingerprint density at radius 1 is 1.13 bits per heavy atom. The lowest BCUT2D eigenvalue weighted by Crippen LogP contribution is -2.51. The molecule has 9 heteroatoms. The van der Waals surface area contributed by atoms with Crippen molar-refractivity contribution in [2.45, 2.75) is 76.4 Å². The Kier molecular flexibility index (Phi) is 8.57. The Morgan fingerprint density at radius 2 is 1.87 bits per heavy atom. The number of sulfonamides is 1. The van der Waals surface area contributed by atoms with Gasteiger partial charge in [-0.3, -0.25) is 13.9 Å². The number of hydrogen-bond donors (Lipinski definition) is 3. The first-order valence-corrected chi connectivity index (χ1v) is 14.7. The molecule has 2 aromatic rings. The average Bonchev–Trinajstić information content (AvgIpc) is 2.88. The molecule has 204 valence electrons. The van der Waals surface area contributed by atoms with Crippen LogP contribution in [0.15, 0.2) is 59.8 Å². The number of nitrogens with one attached hydrogen (secondary N) is 3. The van der Waals surface area contributed by atoms with Crippen LogP contribution in [0.4, 0.5) is 0 Å². The van der Waals surface area contributed by atoms with E-state index in [-0.39, 0.29) is 29.3 Å². The van der Waals surface area contributed by atoms with Gasteiger partial charge in [0, 0.05) is 18.4 Å². The van der Waals surface area contributed by atoms with Gasteiger partial charge < -0.3 is 16.0 Å². The molecule has 0 fully saturated rings. The molecule has 8 nitrogen and oxygen atoms in total. The van der Waals surface area contributed by atoms with Crippen LogP contribution < -0.4 is 16.0 Å². The van der Waals surface area contributed by atoms with E-state index in [0.717, 1.165) is 41.2 Å². The summed E-state index contributed by atoms with van der Waals surface area (Å²) in [6.07, 6.45) is 5.00. The highest BCUT2D eigenvalue weighted by atomic mass is 32.2. The molecule has 38 heavy (non-hydrogen) atoms. The van der Waals surface area contributed by atoms with E-state index in [1.54, 1.807) is 12.1 Å². The molecule has 2 aliphatic rings. The zero-order valence-electron chi connectivity index (χ0n) is 22.5. The Balaban J connectivity index is 1.47. The van der Waals surface area contributed by atoms with Crippen molar-refractivity contribution >= 4 is 21.8 Å². The fourth-order valence-corrected chi connectivity index (χ4v) is 6.43. The lowest BCUT2D eigenvalue weighted by molar-refractivity contribution is -0.129. The molecule has 4 rings (SSSR count). The first-order valence-electron chi connectivity index (χ1n) is 13.3. The van der Waals surface area contributed by atoms with Gasteiger partial charge in [-0.15, -0.1) is 0 Å². The summed E-state index contributed by atoms with van der Waals surface area (Å²) >= 11 is 0. The van der Waals surface area contributed by atoms with Crippen molar-refractivity contribution in [3.05, 3.63) is 77.1 Å². The van der Waals surface area contributed by atoms with E-state index >= 15 is 0 Å². The van der Waals surface area contributed by atoms with Crippen LogP contribution in [-0.4, -0.2) is 37.1 Å². The number of benzene rings is 2. The van der Waals surface area contributed by atoms with Crippen molar-refractivity contribution in [2.24, 2.45) is 5.92 Å². The fraction of sp³-hybridized carbons (Fsp3) is 0.448. The molecule has 0 radical (unpaired) electrons. The van der Waals surface area contributed by atoms with Crippen LogP contribution in [0, 0.1) is 12.8 Å². The highest BCUT2D eigenvalue weighted by Crippen LogP contribution is 2.32. The lowest BCUT2D eigenvalue weighted by Gasteiger charge is -2.32. The number of hydrogen-bond acceptors (Lipinski definition) is 5. The number of rotatable bonds is 9. The van der Waals surface area contributed by atoms with Crippen LogP contribution in [0.5, 0.6) is 0 Å². The summed E-state index contributed by atoms with van der Waals surface area (Å²) in [5.74, 6) is -0.326. The Hall–Kier alpha value is -3.17. The quantitative estimate of drug-likeness (QED) is 0.450. The van der Waals surface area contributed by atoms with E-state index in [9.17, 15) is 18.0 Å². The zero-order chi connectivity index (χ0) is 27.4. The summed E-state index contributed by atoms with van der Waals surface area (Å²) in [5.41, 5.74) is 4.45. The Morgan fingerprint density at radius 3 is 2.58 bits per heavy atom. The number of amides is 2. The topological polar surface area (TPSA) is 108 Å². The molecule has 1 heterocycles. The second kappa shape index (κ2) is 11.7. The first kappa shape index (κ1) is 27.9. The molecule has 0 saturated heterocycles. The van der Waals surface area contributed by atoms with Gasteiger partial charge in [0.2, 0.25) is 11.8 Å². The molecule has 2 amide bonds. The van der Waals surface area contributed by atoms with Gasteiger partial charge >= 0.3 is 0 Å². The minimum atomic E-state index is -4.01. The van der Waals surface area contributed by atoms with Gasteiger partial charge in [-0.05, 0) is 74.4 Å². The molecule has 1 aliphatic carbocycles. The van der Waals surface area contributed by atoms with Gasteiger partial charge in [0.15, 0.2) is 0 Å². The van der Waals surface area contributed by atoms with Gasteiger partial charge in [0.25, 0.3) is 10.0 Å². The maximum atomic E-state index is 13.3. The second-order valence-corrected chi connectivity index (χ2v) is 12.5. The van der Waals surface area contributed by atoms with E-state index in [0.29, 0.717) is 5.92 Å². The molecule has 2 aromatic carbocycles. The number of carbonyl (C=O) groups excluding carboxylic acids is 2. The van der Waals surface area contributed by atoms with Crippen molar-refractivity contribution in [3.8, 4) is 0 Å². The number of aryl methyl sites for hydroxylation is 2. The van der Waals surface area contributed by atoms with Crippen molar-refractivity contribution in [1.29, 1.82) is 0 Å². The molecule has 3 atom stereocenters. The Bertz CT molecular complexity index is 1300. The van der Waals surface area contributed by atoms with Crippen LogP contribution in [0.2, 0.25) is 0 Å². The normalized spacial score (nSPS) is 20.1. The molecule has 0 bridgehead atoms. The maximum absolute atomic E-state index is 13.3. The predicted molar refractivity (Wildman–Crippen MR) is 147 cm³/mol. The van der Waals surface area contributed by atoms with Gasteiger partial charge in [0.1, 0.15) is 6.04 Å². The van der Waals surface area contributed by atoms with Gasteiger partial charge in [-0.25, -0.2) is 8.42 Å².